The summed E-state index contributed by atoms with van der Waals surface area (Å²) in [6.07, 6.45) is 7.68. The topological polar surface area (TPSA) is 203 Å². The molecule has 1 aliphatic carbocycles. The molecule has 2 aliphatic heterocycles. The lowest BCUT2D eigenvalue weighted by Crippen LogP contribution is -2.31. The number of ether oxygens (including phenoxy) is 2. The van der Waals surface area contributed by atoms with E-state index in [1.807, 2.05) is 16.0 Å². The molecule has 308 valence electrons. The molecule has 3 aromatic carbocycles. The Labute approximate surface area is 339 Å². The number of carbonyl (C=O) groups excluding carboxylic acids is 4. The third-order valence-corrected chi connectivity index (χ3v) is 11.1. The van der Waals surface area contributed by atoms with Crippen LogP contribution in [0.5, 0.6) is 0 Å². The summed E-state index contributed by atoms with van der Waals surface area (Å²) in [5.74, 6) is 2.97. The quantitative estimate of drug-likeness (QED) is 0.122. The van der Waals surface area contributed by atoms with Crippen molar-refractivity contribution < 1.29 is 28.7 Å². The minimum absolute atomic E-state index is 0.0192. The highest BCUT2D eigenvalue weighted by Crippen LogP contribution is 2.42. The number of fused-ring (bicyclic) bond motifs is 4. The van der Waals surface area contributed by atoms with Crippen molar-refractivity contribution in [2.75, 3.05) is 27.3 Å². The molecule has 14 heteroatoms. The number of likely N-dealkylation sites (tertiary alicyclic amines) is 2. The van der Waals surface area contributed by atoms with Crippen LogP contribution in [0.1, 0.15) is 101 Å². The second kappa shape index (κ2) is 18.1. The van der Waals surface area contributed by atoms with Gasteiger partial charge in [0.1, 0.15) is 11.6 Å². The van der Waals surface area contributed by atoms with Gasteiger partial charge in [-0.05, 0) is 90.1 Å². The van der Waals surface area contributed by atoms with Gasteiger partial charge in [-0.3, -0.25) is 9.59 Å². The van der Waals surface area contributed by atoms with E-state index in [0.29, 0.717) is 24.7 Å². The second-order valence-electron chi connectivity index (χ2n) is 16.1. The number of primary amides is 2. The first-order valence-electron chi connectivity index (χ1n) is 20.2. The number of aromatic amines is 2. The number of amides is 4. The van der Waals surface area contributed by atoms with Crippen LogP contribution in [0.25, 0.3) is 44.2 Å². The maximum atomic E-state index is 13.0. The summed E-state index contributed by atoms with van der Waals surface area (Å²) in [6.45, 7) is 10.0. The number of benzene rings is 3. The van der Waals surface area contributed by atoms with Crippen LogP contribution in [-0.2, 0) is 31.9 Å². The summed E-state index contributed by atoms with van der Waals surface area (Å²) in [4.78, 5) is 65.8. The van der Waals surface area contributed by atoms with Crippen molar-refractivity contribution in [1.82, 2.24) is 29.7 Å². The fourth-order valence-corrected chi connectivity index (χ4v) is 8.28. The van der Waals surface area contributed by atoms with E-state index in [4.69, 9.17) is 9.97 Å². The summed E-state index contributed by atoms with van der Waals surface area (Å²) in [7, 11) is 2.45. The monoisotopic (exact) mass is 792 g/mol. The SMILES string of the molecule is CC(C)CC(=O)N1CCCC1c1ncc(-c2ccc(-c3ccc4c(ccc5[nH]c(C6CCCN6C(=O)CC(C)C)nc54)c3)c3c2CC3)[nH]1.COC(N)=O.COC(N)=O. The van der Waals surface area contributed by atoms with Crippen LogP contribution in [0.3, 0.4) is 0 Å². The van der Waals surface area contributed by atoms with Gasteiger partial charge in [-0.25, -0.2) is 19.6 Å². The van der Waals surface area contributed by atoms with Crippen LogP contribution >= 0.6 is 0 Å². The molecule has 5 aromatic rings. The molecule has 2 unspecified atom stereocenters. The van der Waals surface area contributed by atoms with Crippen LogP contribution in [0, 0.1) is 11.8 Å². The number of rotatable bonds is 8. The summed E-state index contributed by atoms with van der Waals surface area (Å²) >= 11 is 0. The van der Waals surface area contributed by atoms with Crippen molar-refractivity contribution in [1.29, 1.82) is 0 Å². The molecule has 3 aliphatic rings. The van der Waals surface area contributed by atoms with Crippen LogP contribution in [0.2, 0.25) is 0 Å². The zero-order valence-electron chi connectivity index (χ0n) is 34.4. The molecule has 2 aromatic heterocycles. The molecular formula is C44H56N8O6. The minimum Gasteiger partial charge on any atom is -0.453 e. The van der Waals surface area contributed by atoms with E-state index >= 15 is 0 Å². The largest absolute Gasteiger partial charge is 0.453 e. The number of hydrogen-bond acceptors (Lipinski definition) is 8. The first-order chi connectivity index (χ1) is 27.8. The van der Waals surface area contributed by atoms with Crippen molar-refractivity contribution in [3.63, 3.8) is 0 Å². The molecule has 6 N–H and O–H groups in total. The lowest BCUT2D eigenvalue weighted by atomic mass is 9.79. The molecule has 8 rings (SSSR count). The van der Waals surface area contributed by atoms with Gasteiger partial charge in [0.05, 0.1) is 49.2 Å². The first kappa shape index (κ1) is 41.7. The molecule has 4 amide bonds. The van der Waals surface area contributed by atoms with E-state index in [2.05, 4.69) is 101 Å². The summed E-state index contributed by atoms with van der Waals surface area (Å²) in [5.41, 5.74) is 18.4. The number of methoxy groups -OCH3 is 2. The van der Waals surface area contributed by atoms with E-state index < -0.39 is 12.2 Å². The van der Waals surface area contributed by atoms with Gasteiger partial charge in [0.15, 0.2) is 0 Å². The lowest BCUT2D eigenvalue weighted by molar-refractivity contribution is -0.133. The van der Waals surface area contributed by atoms with Crippen LogP contribution in [0.4, 0.5) is 9.59 Å². The number of carbonyl (C=O) groups is 4. The molecule has 2 fully saturated rings. The van der Waals surface area contributed by atoms with Crippen molar-refractivity contribution in [2.24, 2.45) is 23.3 Å². The Kier molecular flexibility index (Phi) is 13.0. The molecule has 0 spiro atoms. The number of aromatic nitrogens is 4. The van der Waals surface area contributed by atoms with Crippen LogP contribution in [-0.4, -0.2) is 81.0 Å². The predicted molar refractivity (Wildman–Crippen MR) is 223 cm³/mol. The Balaban J connectivity index is 0.000000509. The normalized spacial score (nSPS) is 17.0. The fraction of sp³-hybridized carbons (Fsp3) is 0.455. The molecule has 58 heavy (non-hydrogen) atoms. The predicted octanol–water partition coefficient (Wildman–Crippen LogP) is 7.71. The second-order valence-corrected chi connectivity index (χ2v) is 16.1. The maximum absolute atomic E-state index is 13.0. The van der Waals surface area contributed by atoms with Gasteiger partial charge in [-0.15, -0.1) is 0 Å². The number of nitrogens with zero attached hydrogens (tertiary/aromatic N) is 4. The highest BCUT2D eigenvalue weighted by molar-refractivity contribution is 6.05. The van der Waals surface area contributed by atoms with E-state index in [1.54, 1.807) is 0 Å². The smallest absolute Gasteiger partial charge is 0.404 e. The molecular weight excluding hydrogens is 737 g/mol. The van der Waals surface area contributed by atoms with Gasteiger partial charge in [0.25, 0.3) is 0 Å². The van der Waals surface area contributed by atoms with Gasteiger partial charge in [-0.1, -0.05) is 58.0 Å². The highest BCUT2D eigenvalue weighted by Gasteiger charge is 2.34. The Morgan fingerprint density at radius 2 is 1.31 bits per heavy atom. The number of H-pyrrole nitrogens is 2. The number of imidazole rings is 2. The van der Waals surface area contributed by atoms with E-state index in [9.17, 15) is 19.2 Å². The summed E-state index contributed by atoms with van der Waals surface area (Å²) in [5, 5.41) is 2.30. The van der Waals surface area contributed by atoms with Crippen LogP contribution in [0.15, 0.2) is 48.7 Å². The average molecular weight is 793 g/mol. The van der Waals surface area contributed by atoms with E-state index in [-0.39, 0.29) is 23.9 Å². The van der Waals surface area contributed by atoms with Crippen molar-refractivity contribution in [3.05, 3.63) is 71.4 Å². The van der Waals surface area contributed by atoms with Gasteiger partial charge in [0.2, 0.25) is 11.8 Å². The Morgan fingerprint density at radius 3 is 1.86 bits per heavy atom. The Morgan fingerprint density at radius 1 is 0.759 bits per heavy atom. The molecule has 2 atom stereocenters. The zero-order valence-corrected chi connectivity index (χ0v) is 34.4. The van der Waals surface area contributed by atoms with Crippen LogP contribution < -0.4 is 11.5 Å². The van der Waals surface area contributed by atoms with Gasteiger partial charge < -0.3 is 40.7 Å². The van der Waals surface area contributed by atoms with Gasteiger partial charge >= 0.3 is 12.2 Å². The van der Waals surface area contributed by atoms with Crippen molar-refractivity contribution in [3.8, 4) is 22.4 Å². The number of nitrogens with one attached hydrogen (secondary N) is 2. The number of hydrogen-bond donors (Lipinski definition) is 4. The third kappa shape index (κ3) is 9.11. The van der Waals surface area contributed by atoms with Gasteiger partial charge in [-0.2, -0.15) is 0 Å². The number of nitrogens with two attached hydrogens (primary N) is 2. The van der Waals surface area contributed by atoms with E-state index in [0.717, 1.165) is 85.4 Å². The maximum Gasteiger partial charge on any atom is 0.404 e. The molecule has 0 bridgehead atoms. The molecule has 4 heterocycles. The van der Waals surface area contributed by atoms with Crippen molar-refractivity contribution in [2.45, 2.75) is 91.1 Å². The Hall–Kier alpha value is -5.92. The zero-order chi connectivity index (χ0) is 41.7. The Bertz CT molecular complexity index is 2280. The first-order valence-corrected chi connectivity index (χ1v) is 20.2. The molecule has 0 radical (unpaired) electrons. The molecule has 14 nitrogen and oxygen atoms in total. The van der Waals surface area contributed by atoms with Crippen molar-refractivity contribution >= 4 is 45.8 Å². The molecule has 2 saturated heterocycles. The summed E-state index contributed by atoms with van der Waals surface area (Å²) in [6, 6.07) is 15.6. The average Bonchev–Trinajstić information content (AvgIpc) is 4.00. The third-order valence-electron chi connectivity index (χ3n) is 11.1. The summed E-state index contributed by atoms with van der Waals surface area (Å²) < 4.78 is 7.78. The highest BCUT2D eigenvalue weighted by atomic mass is 16.5. The minimum atomic E-state index is -0.745. The molecule has 0 saturated carbocycles. The fourth-order valence-electron chi connectivity index (χ4n) is 8.28. The standard InChI is InChI=1S/C40H46N6O2.2C2H5NO2/c1-23(2)19-36(47)45-17-5-7-34(45)39-41-22-33(43-39)31-15-12-27(29-13-14-30(29)31)25-9-11-28-26(21-25)10-16-32-38(28)44-40(42-32)35-8-6-18-46(35)37(48)20-24(3)4;2*1-5-2(3)4/h9-12,15-16,21-24,34-35H,5-8,13-14,17-20H2,1-4H3,(H,41,43)(H,42,44);2*1H3,(H2,3,4). The van der Waals surface area contributed by atoms with Gasteiger partial charge in [0, 0.05) is 36.9 Å². The lowest BCUT2D eigenvalue weighted by Gasteiger charge is -2.26. The van der Waals surface area contributed by atoms with E-state index in [1.165, 1.54) is 47.4 Å².